The molecule has 5 nitrogen and oxygen atoms in total. The molecule has 2 fully saturated rings. The van der Waals surface area contributed by atoms with Gasteiger partial charge >= 0.3 is 6.18 Å². The van der Waals surface area contributed by atoms with Gasteiger partial charge in [0.1, 0.15) is 0 Å². The highest BCUT2D eigenvalue weighted by atomic mass is 19.4. The molecule has 2 saturated heterocycles. The standard InChI is InChI=1S/C17H32F3N5/c1-2-25-9-3-4-15(25)12-23-16(21)22-8-5-14-6-10-24(11-7-14)13-17(18,19)20/h14-15H,2-13H2,1H3,(H3,21,22,23). The van der Waals surface area contributed by atoms with Gasteiger partial charge in [0.05, 0.1) is 13.1 Å². The molecule has 0 bridgehead atoms. The molecule has 2 rings (SSSR count). The lowest BCUT2D eigenvalue weighted by molar-refractivity contribution is -0.148. The van der Waals surface area contributed by atoms with Crippen LogP contribution in [0.3, 0.4) is 0 Å². The molecule has 25 heavy (non-hydrogen) atoms. The summed E-state index contributed by atoms with van der Waals surface area (Å²) in [5.74, 6) is 0.952. The van der Waals surface area contributed by atoms with Crippen LogP contribution in [0.1, 0.15) is 39.0 Å². The Kier molecular flexibility index (Phi) is 7.81. The van der Waals surface area contributed by atoms with Crippen molar-refractivity contribution in [2.24, 2.45) is 16.6 Å². The lowest BCUT2D eigenvalue weighted by atomic mass is 9.93. The minimum absolute atomic E-state index is 0.468. The molecule has 0 spiro atoms. The van der Waals surface area contributed by atoms with Gasteiger partial charge in [-0.05, 0) is 64.2 Å². The van der Waals surface area contributed by atoms with E-state index in [4.69, 9.17) is 5.73 Å². The first-order valence-electron chi connectivity index (χ1n) is 9.44. The summed E-state index contributed by atoms with van der Waals surface area (Å²) in [5.41, 5.74) is 5.93. The fraction of sp³-hybridized carbons (Fsp3) is 0.941. The number of halogens is 3. The van der Waals surface area contributed by atoms with Crippen molar-refractivity contribution in [1.29, 1.82) is 0 Å². The second-order valence-electron chi connectivity index (χ2n) is 7.20. The molecular formula is C17H32F3N5. The van der Waals surface area contributed by atoms with Crippen molar-refractivity contribution < 1.29 is 13.2 Å². The quantitative estimate of drug-likeness (QED) is 0.537. The summed E-state index contributed by atoms with van der Waals surface area (Å²) in [7, 11) is 0. The summed E-state index contributed by atoms with van der Waals surface area (Å²) in [6, 6.07) is 0.503. The Balaban J connectivity index is 1.59. The third-order valence-corrected chi connectivity index (χ3v) is 5.35. The van der Waals surface area contributed by atoms with Crippen molar-refractivity contribution in [3.05, 3.63) is 0 Å². The van der Waals surface area contributed by atoms with Crippen molar-refractivity contribution in [1.82, 2.24) is 15.1 Å². The van der Waals surface area contributed by atoms with Crippen LogP contribution in [0.5, 0.6) is 0 Å². The van der Waals surface area contributed by atoms with E-state index in [-0.39, 0.29) is 0 Å². The van der Waals surface area contributed by atoms with Gasteiger partial charge in [-0.1, -0.05) is 6.92 Å². The maximum atomic E-state index is 12.4. The summed E-state index contributed by atoms with van der Waals surface area (Å²) in [6.45, 7) is 6.13. The Morgan fingerprint density at radius 2 is 1.92 bits per heavy atom. The minimum Gasteiger partial charge on any atom is -0.370 e. The second-order valence-corrected chi connectivity index (χ2v) is 7.20. The van der Waals surface area contributed by atoms with Crippen LogP contribution in [0.15, 0.2) is 4.99 Å². The van der Waals surface area contributed by atoms with E-state index in [1.54, 1.807) is 0 Å². The molecule has 0 aromatic heterocycles. The molecule has 0 aromatic carbocycles. The monoisotopic (exact) mass is 363 g/mol. The topological polar surface area (TPSA) is 56.9 Å². The first-order valence-corrected chi connectivity index (χ1v) is 9.44. The Bertz CT molecular complexity index is 419. The molecule has 0 aromatic rings. The number of piperidine rings is 1. The molecule has 2 aliphatic rings. The molecule has 2 heterocycles. The van der Waals surface area contributed by atoms with Gasteiger partial charge in [0.2, 0.25) is 0 Å². The Morgan fingerprint density at radius 3 is 2.56 bits per heavy atom. The number of likely N-dealkylation sites (N-methyl/N-ethyl adjacent to an activating group) is 1. The highest BCUT2D eigenvalue weighted by Crippen LogP contribution is 2.24. The molecule has 0 aliphatic carbocycles. The van der Waals surface area contributed by atoms with E-state index in [9.17, 15) is 13.2 Å². The molecular weight excluding hydrogens is 331 g/mol. The second kappa shape index (κ2) is 9.62. The fourth-order valence-corrected chi connectivity index (χ4v) is 3.87. The van der Waals surface area contributed by atoms with Gasteiger partial charge in [-0.15, -0.1) is 0 Å². The van der Waals surface area contributed by atoms with Crippen LogP contribution in [0.4, 0.5) is 13.2 Å². The average Bonchev–Trinajstić information content (AvgIpc) is 3.01. The lowest BCUT2D eigenvalue weighted by Crippen LogP contribution is -2.41. The molecule has 146 valence electrons. The number of hydrogen-bond acceptors (Lipinski definition) is 3. The number of nitrogens with zero attached hydrogens (tertiary/aromatic N) is 3. The molecule has 8 heteroatoms. The summed E-state index contributed by atoms with van der Waals surface area (Å²) < 4.78 is 37.1. The Hall–Kier alpha value is -1.02. The van der Waals surface area contributed by atoms with Crippen LogP contribution < -0.4 is 11.1 Å². The van der Waals surface area contributed by atoms with Gasteiger partial charge in [0.15, 0.2) is 5.96 Å². The van der Waals surface area contributed by atoms with Gasteiger partial charge < -0.3 is 11.1 Å². The number of rotatable bonds is 7. The third kappa shape index (κ3) is 7.40. The fourth-order valence-electron chi connectivity index (χ4n) is 3.87. The summed E-state index contributed by atoms with van der Waals surface area (Å²) >= 11 is 0. The highest BCUT2D eigenvalue weighted by molar-refractivity contribution is 5.77. The van der Waals surface area contributed by atoms with E-state index < -0.39 is 12.7 Å². The van der Waals surface area contributed by atoms with Gasteiger partial charge in [-0.3, -0.25) is 14.8 Å². The van der Waals surface area contributed by atoms with E-state index in [1.807, 2.05) is 0 Å². The SMILES string of the molecule is CCN1CCCC1CN=C(N)NCCC1CCN(CC(F)(F)F)CC1. The zero-order valence-electron chi connectivity index (χ0n) is 15.2. The van der Waals surface area contributed by atoms with Gasteiger partial charge in [0, 0.05) is 12.6 Å². The van der Waals surface area contributed by atoms with Crippen LogP contribution in [0.25, 0.3) is 0 Å². The first kappa shape index (κ1) is 20.3. The van der Waals surface area contributed by atoms with Gasteiger partial charge in [-0.2, -0.15) is 13.2 Å². The maximum absolute atomic E-state index is 12.4. The van der Waals surface area contributed by atoms with E-state index in [1.165, 1.54) is 17.7 Å². The molecule has 0 amide bonds. The smallest absolute Gasteiger partial charge is 0.370 e. The largest absolute Gasteiger partial charge is 0.401 e. The highest BCUT2D eigenvalue weighted by Gasteiger charge is 2.32. The number of aliphatic imine (C=N–C) groups is 1. The number of nitrogens with two attached hydrogens (primary N) is 1. The van der Waals surface area contributed by atoms with Gasteiger partial charge in [0.25, 0.3) is 0 Å². The van der Waals surface area contributed by atoms with Crippen LogP contribution in [-0.4, -0.2) is 73.8 Å². The Morgan fingerprint density at radius 1 is 1.20 bits per heavy atom. The number of guanidine groups is 1. The predicted octanol–water partition coefficient (Wildman–Crippen LogP) is 2.04. The van der Waals surface area contributed by atoms with Crippen molar-refractivity contribution in [2.75, 3.05) is 45.8 Å². The van der Waals surface area contributed by atoms with Crippen LogP contribution in [0, 0.1) is 5.92 Å². The predicted molar refractivity (Wildman–Crippen MR) is 94.6 cm³/mol. The molecule has 1 unspecified atom stereocenters. The maximum Gasteiger partial charge on any atom is 0.401 e. The minimum atomic E-state index is -4.09. The molecule has 0 radical (unpaired) electrons. The number of hydrogen-bond donors (Lipinski definition) is 2. The van der Waals surface area contributed by atoms with Crippen molar-refractivity contribution in [2.45, 2.75) is 51.2 Å². The summed E-state index contributed by atoms with van der Waals surface area (Å²) in [5, 5.41) is 3.15. The van der Waals surface area contributed by atoms with E-state index in [2.05, 4.69) is 22.1 Å². The van der Waals surface area contributed by atoms with Crippen molar-refractivity contribution in [3.63, 3.8) is 0 Å². The van der Waals surface area contributed by atoms with Crippen LogP contribution in [-0.2, 0) is 0 Å². The lowest BCUT2D eigenvalue weighted by Gasteiger charge is -2.32. The molecule has 1 atom stereocenters. The first-order chi connectivity index (χ1) is 11.9. The number of alkyl halides is 3. The summed E-state index contributed by atoms with van der Waals surface area (Å²) in [6.07, 6.45) is 0.896. The summed E-state index contributed by atoms with van der Waals surface area (Å²) in [4.78, 5) is 8.38. The molecule has 2 aliphatic heterocycles. The van der Waals surface area contributed by atoms with Crippen LogP contribution in [0.2, 0.25) is 0 Å². The molecule has 0 saturated carbocycles. The third-order valence-electron chi connectivity index (χ3n) is 5.35. The Labute approximate surface area is 148 Å². The zero-order chi connectivity index (χ0) is 18.3. The van der Waals surface area contributed by atoms with E-state index in [0.29, 0.717) is 31.0 Å². The number of nitrogens with one attached hydrogen (secondary N) is 1. The molecule has 3 N–H and O–H groups in total. The average molecular weight is 363 g/mol. The van der Waals surface area contributed by atoms with Gasteiger partial charge in [-0.25, -0.2) is 0 Å². The van der Waals surface area contributed by atoms with E-state index >= 15 is 0 Å². The van der Waals surface area contributed by atoms with Crippen molar-refractivity contribution in [3.8, 4) is 0 Å². The number of likely N-dealkylation sites (tertiary alicyclic amines) is 2. The zero-order valence-corrected chi connectivity index (χ0v) is 15.2. The van der Waals surface area contributed by atoms with Crippen LogP contribution >= 0.6 is 0 Å². The normalized spacial score (nSPS) is 24.8. The van der Waals surface area contributed by atoms with Crippen molar-refractivity contribution >= 4 is 5.96 Å². The van der Waals surface area contributed by atoms with E-state index in [0.717, 1.165) is 45.4 Å².